The number of carbonyl (C=O) groups is 2. The maximum absolute atomic E-state index is 12.7. The molecule has 2 N–H and O–H groups in total. The first kappa shape index (κ1) is 24.2. The summed E-state index contributed by atoms with van der Waals surface area (Å²) in [5, 5.41) is 6.04. The molecule has 0 aliphatic carbocycles. The summed E-state index contributed by atoms with van der Waals surface area (Å²) in [6, 6.07) is 14.5. The molecule has 182 valence electrons. The normalized spacial score (nSPS) is 19.2. The summed E-state index contributed by atoms with van der Waals surface area (Å²) >= 11 is 0. The van der Waals surface area contributed by atoms with Crippen molar-refractivity contribution in [1.29, 1.82) is 0 Å². The molecule has 7 heteroatoms. The van der Waals surface area contributed by atoms with Crippen molar-refractivity contribution in [3.8, 4) is 0 Å². The highest BCUT2D eigenvalue weighted by atomic mass is 16.2. The standard InChI is InChI=1S/C27H37N5O2/c1-21(33)30-25-12-17-32(20-25)26-19-24(9-13-28-26)27(34)29-14-18-31-15-10-23(11-16-31)8-7-22-5-3-2-4-6-22/h2-6,9,13,19,23,25H,7-8,10-12,14-18,20H2,1H3,(H,29,34)(H,30,33). The van der Waals surface area contributed by atoms with Crippen LogP contribution in [-0.4, -0.2) is 67.0 Å². The van der Waals surface area contributed by atoms with Gasteiger partial charge in [0.1, 0.15) is 5.82 Å². The van der Waals surface area contributed by atoms with Gasteiger partial charge in [0.2, 0.25) is 5.91 Å². The van der Waals surface area contributed by atoms with E-state index in [-0.39, 0.29) is 17.9 Å². The van der Waals surface area contributed by atoms with Gasteiger partial charge in [-0.1, -0.05) is 30.3 Å². The average Bonchev–Trinajstić information content (AvgIpc) is 3.32. The second kappa shape index (κ2) is 12.0. The van der Waals surface area contributed by atoms with Crippen molar-refractivity contribution in [1.82, 2.24) is 20.5 Å². The van der Waals surface area contributed by atoms with Gasteiger partial charge in [0.05, 0.1) is 0 Å². The van der Waals surface area contributed by atoms with E-state index in [1.165, 1.54) is 31.2 Å². The molecule has 1 unspecified atom stereocenters. The molecule has 0 saturated carbocycles. The average molecular weight is 464 g/mol. The van der Waals surface area contributed by atoms with Gasteiger partial charge in [0.25, 0.3) is 5.91 Å². The van der Waals surface area contributed by atoms with Gasteiger partial charge in [-0.3, -0.25) is 9.59 Å². The van der Waals surface area contributed by atoms with Crippen molar-refractivity contribution in [2.24, 2.45) is 5.92 Å². The third kappa shape index (κ3) is 7.03. The molecule has 2 aliphatic rings. The summed E-state index contributed by atoms with van der Waals surface area (Å²) in [6.07, 6.45) is 7.49. The maximum atomic E-state index is 12.7. The first-order valence-electron chi connectivity index (χ1n) is 12.6. The number of aromatic nitrogens is 1. The Balaban J connectivity index is 1.16. The van der Waals surface area contributed by atoms with Gasteiger partial charge >= 0.3 is 0 Å². The van der Waals surface area contributed by atoms with E-state index in [1.807, 2.05) is 6.07 Å². The number of amides is 2. The molecule has 1 atom stereocenters. The quantitative estimate of drug-likeness (QED) is 0.598. The van der Waals surface area contributed by atoms with Crippen molar-refractivity contribution < 1.29 is 9.59 Å². The van der Waals surface area contributed by atoms with E-state index in [4.69, 9.17) is 0 Å². The number of hydrogen-bond acceptors (Lipinski definition) is 5. The highest BCUT2D eigenvalue weighted by Gasteiger charge is 2.24. The van der Waals surface area contributed by atoms with Crippen molar-refractivity contribution in [2.75, 3.05) is 44.2 Å². The molecule has 2 saturated heterocycles. The minimum Gasteiger partial charge on any atom is -0.354 e. The van der Waals surface area contributed by atoms with Gasteiger partial charge in [-0.25, -0.2) is 4.98 Å². The monoisotopic (exact) mass is 463 g/mol. The Labute approximate surface area is 202 Å². The summed E-state index contributed by atoms with van der Waals surface area (Å²) in [7, 11) is 0. The summed E-state index contributed by atoms with van der Waals surface area (Å²) in [5.74, 6) is 1.53. The molecule has 1 aromatic heterocycles. The molecule has 2 amide bonds. The number of carbonyl (C=O) groups excluding carboxylic acids is 2. The lowest BCUT2D eigenvalue weighted by molar-refractivity contribution is -0.119. The molecule has 2 aliphatic heterocycles. The Morgan fingerprint density at radius 2 is 1.85 bits per heavy atom. The zero-order valence-electron chi connectivity index (χ0n) is 20.2. The molecular weight excluding hydrogens is 426 g/mol. The third-order valence-electron chi connectivity index (χ3n) is 7.03. The minimum atomic E-state index is -0.0565. The van der Waals surface area contributed by atoms with Crippen LogP contribution in [0.15, 0.2) is 48.7 Å². The second-order valence-electron chi connectivity index (χ2n) is 9.60. The lowest BCUT2D eigenvalue weighted by Crippen LogP contribution is -2.39. The van der Waals surface area contributed by atoms with Crippen molar-refractivity contribution in [2.45, 2.75) is 45.1 Å². The maximum Gasteiger partial charge on any atom is 0.251 e. The molecule has 1 aromatic carbocycles. The summed E-state index contributed by atoms with van der Waals surface area (Å²) < 4.78 is 0. The van der Waals surface area contributed by atoms with Crippen molar-refractivity contribution in [3.05, 3.63) is 59.8 Å². The van der Waals surface area contributed by atoms with Crippen molar-refractivity contribution in [3.63, 3.8) is 0 Å². The van der Waals surface area contributed by atoms with Gasteiger partial charge in [-0.05, 0) is 68.8 Å². The van der Waals surface area contributed by atoms with Crippen LogP contribution in [0.25, 0.3) is 0 Å². The molecule has 0 radical (unpaired) electrons. The van der Waals surface area contributed by atoms with E-state index >= 15 is 0 Å². The number of aryl methyl sites for hydroxylation is 1. The summed E-state index contributed by atoms with van der Waals surface area (Å²) in [6.45, 7) is 6.85. The summed E-state index contributed by atoms with van der Waals surface area (Å²) in [4.78, 5) is 33.0. The van der Waals surface area contributed by atoms with E-state index < -0.39 is 0 Å². The Morgan fingerprint density at radius 1 is 1.06 bits per heavy atom. The van der Waals surface area contributed by atoms with E-state index in [1.54, 1.807) is 19.2 Å². The van der Waals surface area contributed by atoms with E-state index in [0.29, 0.717) is 12.1 Å². The van der Waals surface area contributed by atoms with Crippen LogP contribution in [-0.2, 0) is 11.2 Å². The van der Waals surface area contributed by atoms with E-state index in [2.05, 4.69) is 55.7 Å². The number of pyridine rings is 1. The zero-order chi connectivity index (χ0) is 23.8. The molecular formula is C27H37N5O2. The molecule has 3 heterocycles. The van der Waals surface area contributed by atoms with Crippen LogP contribution in [0.4, 0.5) is 5.82 Å². The van der Waals surface area contributed by atoms with Crippen LogP contribution in [0.2, 0.25) is 0 Å². The van der Waals surface area contributed by atoms with Crippen molar-refractivity contribution >= 4 is 17.6 Å². The van der Waals surface area contributed by atoms with Crippen LogP contribution < -0.4 is 15.5 Å². The molecule has 34 heavy (non-hydrogen) atoms. The van der Waals surface area contributed by atoms with Crippen LogP contribution in [0.1, 0.15) is 48.5 Å². The van der Waals surface area contributed by atoms with E-state index in [0.717, 1.165) is 50.9 Å². The highest BCUT2D eigenvalue weighted by Crippen LogP contribution is 2.22. The van der Waals surface area contributed by atoms with Gasteiger partial charge < -0.3 is 20.4 Å². The Kier molecular flexibility index (Phi) is 8.52. The van der Waals surface area contributed by atoms with Gasteiger partial charge in [-0.2, -0.15) is 0 Å². The number of benzene rings is 1. The van der Waals surface area contributed by atoms with Gasteiger partial charge in [0.15, 0.2) is 0 Å². The number of nitrogens with zero attached hydrogens (tertiary/aromatic N) is 3. The Hall–Kier alpha value is -2.93. The molecule has 0 bridgehead atoms. The van der Waals surface area contributed by atoms with E-state index in [9.17, 15) is 9.59 Å². The Morgan fingerprint density at radius 3 is 2.62 bits per heavy atom. The number of nitrogens with one attached hydrogen (secondary N) is 2. The number of piperidine rings is 1. The fourth-order valence-corrected chi connectivity index (χ4v) is 5.05. The lowest BCUT2D eigenvalue weighted by atomic mass is 9.90. The zero-order valence-corrected chi connectivity index (χ0v) is 20.2. The van der Waals surface area contributed by atoms with Crippen LogP contribution >= 0.6 is 0 Å². The Bertz CT molecular complexity index is 943. The molecule has 0 spiro atoms. The number of likely N-dealkylation sites (tertiary alicyclic amines) is 1. The first-order valence-corrected chi connectivity index (χ1v) is 12.6. The van der Waals surface area contributed by atoms with Crippen LogP contribution in [0.3, 0.4) is 0 Å². The SMILES string of the molecule is CC(=O)NC1CCN(c2cc(C(=O)NCCN3CCC(CCc4ccccc4)CC3)ccn2)C1. The largest absolute Gasteiger partial charge is 0.354 e. The highest BCUT2D eigenvalue weighted by molar-refractivity contribution is 5.94. The second-order valence-corrected chi connectivity index (χ2v) is 9.60. The molecule has 2 fully saturated rings. The van der Waals surface area contributed by atoms with Gasteiger partial charge in [-0.15, -0.1) is 0 Å². The number of rotatable bonds is 9. The minimum absolute atomic E-state index is 0.00986. The number of hydrogen-bond donors (Lipinski definition) is 2. The topological polar surface area (TPSA) is 77.6 Å². The van der Waals surface area contributed by atoms with Crippen LogP contribution in [0.5, 0.6) is 0 Å². The molecule has 7 nitrogen and oxygen atoms in total. The predicted molar refractivity (Wildman–Crippen MR) is 135 cm³/mol. The van der Waals surface area contributed by atoms with Crippen LogP contribution in [0, 0.1) is 5.92 Å². The molecule has 4 rings (SSSR count). The number of anilines is 1. The fourth-order valence-electron chi connectivity index (χ4n) is 5.05. The third-order valence-corrected chi connectivity index (χ3v) is 7.03. The van der Waals surface area contributed by atoms with Gasteiger partial charge in [0, 0.05) is 50.9 Å². The first-order chi connectivity index (χ1) is 16.6. The lowest BCUT2D eigenvalue weighted by Gasteiger charge is -2.32. The molecule has 2 aromatic rings. The summed E-state index contributed by atoms with van der Waals surface area (Å²) in [5.41, 5.74) is 2.07. The predicted octanol–water partition coefficient (Wildman–Crippen LogP) is 2.87. The fraction of sp³-hybridized carbons (Fsp3) is 0.519. The smallest absolute Gasteiger partial charge is 0.251 e.